The van der Waals surface area contributed by atoms with Gasteiger partial charge in [-0.3, -0.25) is 4.79 Å². The number of carboxylic acids is 1. The third kappa shape index (κ3) is 5.63. The molecule has 1 N–H and O–H groups in total. The van der Waals surface area contributed by atoms with Crippen LogP contribution in [-0.4, -0.2) is 27.7 Å². The lowest BCUT2D eigenvalue weighted by Gasteiger charge is -2.16. The second kappa shape index (κ2) is 10.2. The van der Waals surface area contributed by atoms with Gasteiger partial charge in [-0.2, -0.15) is 0 Å². The molecule has 5 rings (SSSR count). The topological polar surface area (TPSA) is 81.5 Å². The molecule has 1 atom stereocenters. The van der Waals surface area contributed by atoms with Crippen LogP contribution in [0.15, 0.2) is 48.7 Å². The van der Waals surface area contributed by atoms with Crippen LogP contribution in [0.3, 0.4) is 0 Å². The number of nitrogens with zero attached hydrogens (tertiary/aromatic N) is 2. The lowest BCUT2D eigenvalue weighted by Crippen LogP contribution is -2.10. The third-order valence-corrected chi connectivity index (χ3v) is 9.13. The van der Waals surface area contributed by atoms with Crippen LogP contribution < -0.4 is 9.47 Å². The first-order chi connectivity index (χ1) is 18.5. The van der Waals surface area contributed by atoms with Crippen LogP contribution in [0.2, 0.25) is 0 Å². The van der Waals surface area contributed by atoms with Crippen LogP contribution in [0, 0.1) is 35.4 Å². The molecule has 0 amide bonds. The summed E-state index contributed by atoms with van der Waals surface area (Å²) < 4.78 is 27.1. The van der Waals surface area contributed by atoms with Gasteiger partial charge < -0.3 is 14.6 Å². The Hall–Kier alpha value is -3.48. The molecule has 7 heteroatoms. The van der Waals surface area contributed by atoms with E-state index in [0.717, 1.165) is 24.0 Å². The molecule has 206 valence electrons. The molecule has 2 fully saturated rings. The predicted octanol–water partition coefficient (Wildman–Crippen LogP) is 7.20. The average Bonchev–Trinajstić information content (AvgIpc) is 3.79. The molecule has 1 heterocycles. The number of carbonyl (C=O) groups is 1. The van der Waals surface area contributed by atoms with Gasteiger partial charge >= 0.3 is 5.97 Å². The Morgan fingerprint density at radius 1 is 1.10 bits per heavy atom. The van der Waals surface area contributed by atoms with Crippen molar-refractivity contribution in [2.45, 2.75) is 66.4 Å². The maximum absolute atomic E-state index is 14.8. The number of benzene rings is 2. The van der Waals surface area contributed by atoms with E-state index in [0.29, 0.717) is 47.0 Å². The third-order valence-electron chi connectivity index (χ3n) is 9.13. The minimum absolute atomic E-state index is 0.00900. The van der Waals surface area contributed by atoms with Crippen LogP contribution in [0.25, 0.3) is 11.3 Å². The predicted molar refractivity (Wildman–Crippen MR) is 147 cm³/mol. The minimum atomic E-state index is -0.788. The molecule has 3 aromatic rings. The summed E-state index contributed by atoms with van der Waals surface area (Å²) in [6.45, 7) is 11.5. The van der Waals surface area contributed by atoms with Gasteiger partial charge in [0, 0.05) is 11.5 Å². The molecule has 0 saturated heterocycles. The standard InChI is InChI=1S/C32H37FN2O4/c1-19-9-12-26(33)25(13-19)29-30(39-18-27-31(2,3)32(27,4)5)35-22(16-34-29)17-38-23-8-6-7-21(14-23)24(15-28(36)37)20-10-11-20/h6-9,12-14,16,20,24,27H,10-11,15,17-18H2,1-5H3,(H,36,37)/t24-/m0/s1. The average molecular weight is 533 g/mol. The quantitative estimate of drug-likeness (QED) is 0.281. The second-order valence-electron chi connectivity index (χ2n) is 12.2. The summed E-state index contributed by atoms with van der Waals surface area (Å²) in [4.78, 5) is 20.7. The van der Waals surface area contributed by atoms with Crippen LogP contribution in [0.4, 0.5) is 4.39 Å². The summed E-state index contributed by atoms with van der Waals surface area (Å²) in [5.74, 6) is 0.521. The van der Waals surface area contributed by atoms with E-state index in [2.05, 4.69) is 32.7 Å². The molecule has 0 aliphatic heterocycles. The maximum Gasteiger partial charge on any atom is 0.303 e. The van der Waals surface area contributed by atoms with E-state index in [1.54, 1.807) is 18.3 Å². The Balaban J connectivity index is 1.37. The first-order valence-electron chi connectivity index (χ1n) is 13.7. The molecule has 2 aromatic carbocycles. The van der Waals surface area contributed by atoms with Crippen molar-refractivity contribution in [1.29, 1.82) is 0 Å². The fourth-order valence-electron chi connectivity index (χ4n) is 5.73. The molecule has 0 spiro atoms. The van der Waals surface area contributed by atoms with Gasteiger partial charge in [0.25, 0.3) is 0 Å². The molecule has 2 aliphatic carbocycles. The summed E-state index contributed by atoms with van der Waals surface area (Å²) in [6.07, 6.45) is 3.83. The highest BCUT2D eigenvalue weighted by atomic mass is 19.1. The number of aromatic nitrogens is 2. The van der Waals surface area contributed by atoms with Gasteiger partial charge in [-0.25, -0.2) is 14.4 Å². The molecule has 2 saturated carbocycles. The van der Waals surface area contributed by atoms with Gasteiger partial charge in [-0.1, -0.05) is 51.5 Å². The smallest absolute Gasteiger partial charge is 0.303 e. The van der Waals surface area contributed by atoms with Crippen LogP contribution in [-0.2, 0) is 11.4 Å². The second-order valence-corrected chi connectivity index (χ2v) is 12.2. The number of ether oxygens (including phenoxy) is 2. The Kier molecular flexibility index (Phi) is 7.12. The van der Waals surface area contributed by atoms with Crippen molar-refractivity contribution in [2.24, 2.45) is 22.7 Å². The van der Waals surface area contributed by atoms with E-state index in [-0.39, 0.29) is 35.6 Å². The minimum Gasteiger partial charge on any atom is -0.487 e. The maximum atomic E-state index is 14.8. The Bertz CT molecular complexity index is 1370. The van der Waals surface area contributed by atoms with E-state index in [1.807, 2.05) is 31.2 Å². The number of rotatable bonds is 11. The summed E-state index contributed by atoms with van der Waals surface area (Å²) in [5, 5.41) is 9.36. The number of aryl methyl sites for hydroxylation is 1. The Morgan fingerprint density at radius 2 is 1.85 bits per heavy atom. The van der Waals surface area contributed by atoms with E-state index >= 15 is 0 Å². The molecule has 39 heavy (non-hydrogen) atoms. The van der Waals surface area contributed by atoms with Crippen LogP contribution in [0.5, 0.6) is 11.6 Å². The zero-order valence-corrected chi connectivity index (χ0v) is 23.3. The molecule has 0 bridgehead atoms. The van der Waals surface area contributed by atoms with E-state index in [9.17, 15) is 14.3 Å². The van der Waals surface area contributed by atoms with E-state index < -0.39 is 5.97 Å². The van der Waals surface area contributed by atoms with Gasteiger partial charge in [0.15, 0.2) is 0 Å². The molecular weight excluding hydrogens is 495 g/mol. The highest BCUT2D eigenvalue weighted by molar-refractivity contribution is 5.68. The SMILES string of the molecule is Cc1ccc(F)c(-c2ncc(COc3cccc([C@@H](CC(=O)O)C4CC4)c3)nc2OCC2C(C)(C)C2(C)C)c1. The van der Waals surface area contributed by atoms with Crippen molar-refractivity contribution in [3.63, 3.8) is 0 Å². The van der Waals surface area contributed by atoms with Gasteiger partial charge in [0.1, 0.15) is 29.6 Å². The highest BCUT2D eigenvalue weighted by Gasteiger charge is 2.64. The van der Waals surface area contributed by atoms with Crippen molar-refractivity contribution < 1.29 is 23.8 Å². The van der Waals surface area contributed by atoms with Crippen molar-refractivity contribution in [3.8, 4) is 22.9 Å². The molecule has 0 unspecified atom stereocenters. The van der Waals surface area contributed by atoms with Crippen molar-refractivity contribution in [3.05, 3.63) is 71.3 Å². The van der Waals surface area contributed by atoms with Gasteiger partial charge in [0.2, 0.25) is 5.88 Å². The lowest BCUT2D eigenvalue weighted by molar-refractivity contribution is -0.137. The monoisotopic (exact) mass is 532 g/mol. The Morgan fingerprint density at radius 3 is 2.51 bits per heavy atom. The number of halogens is 1. The van der Waals surface area contributed by atoms with E-state index in [4.69, 9.17) is 14.5 Å². The highest BCUT2D eigenvalue weighted by Crippen LogP contribution is 2.68. The van der Waals surface area contributed by atoms with Crippen molar-refractivity contribution in [1.82, 2.24) is 9.97 Å². The van der Waals surface area contributed by atoms with Gasteiger partial charge in [-0.15, -0.1) is 0 Å². The zero-order chi connectivity index (χ0) is 27.9. The summed E-state index contributed by atoms with van der Waals surface area (Å²) in [6, 6.07) is 12.6. The molecule has 2 aliphatic rings. The summed E-state index contributed by atoms with van der Waals surface area (Å²) in [7, 11) is 0. The molecular formula is C32H37FN2O4. The number of carboxylic acid groups (broad SMARTS) is 1. The Labute approximate surface area is 229 Å². The fourth-order valence-corrected chi connectivity index (χ4v) is 5.73. The van der Waals surface area contributed by atoms with Crippen molar-refractivity contribution in [2.75, 3.05) is 6.61 Å². The van der Waals surface area contributed by atoms with Gasteiger partial charge in [0.05, 0.1) is 19.2 Å². The summed E-state index contributed by atoms with van der Waals surface area (Å²) >= 11 is 0. The van der Waals surface area contributed by atoms with Crippen molar-refractivity contribution >= 4 is 5.97 Å². The van der Waals surface area contributed by atoms with Gasteiger partial charge in [-0.05, 0) is 72.3 Å². The zero-order valence-electron chi connectivity index (χ0n) is 23.3. The first-order valence-corrected chi connectivity index (χ1v) is 13.7. The number of hydrogen-bond acceptors (Lipinski definition) is 5. The normalized spacial score (nSPS) is 18.4. The summed E-state index contributed by atoms with van der Waals surface area (Å²) in [5.41, 5.74) is 3.47. The molecule has 6 nitrogen and oxygen atoms in total. The number of hydrogen-bond donors (Lipinski definition) is 1. The molecule has 0 radical (unpaired) electrons. The fraction of sp³-hybridized carbons (Fsp3) is 0.469. The molecule has 1 aromatic heterocycles. The first kappa shape index (κ1) is 27.1. The largest absolute Gasteiger partial charge is 0.487 e. The van der Waals surface area contributed by atoms with E-state index in [1.165, 1.54) is 6.07 Å². The number of aliphatic carboxylic acids is 1. The lowest BCUT2D eigenvalue weighted by atomic mass is 9.91. The van der Waals surface area contributed by atoms with Crippen LogP contribution >= 0.6 is 0 Å². The van der Waals surface area contributed by atoms with Crippen LogP contribution in [0.1, 0.15) is 69.7 Å².